The molecular weight excluding hydrogens is 392 g/mol. The molecule has 0 heterocycles. The molecule has 0 saturated heterocycles. The zero-order valence-corrected chi connectivity index (χ0v) is 16.5. The standard InChI is InChI=1S/C13H18BrNO2.C3H9N.CH2O3/c1-3-11(14)12(4-2)17-10-7-5-6-9(8-10)13(15)16;1-2-3-4;2-1(3)4/h5-8,11-12H,3-4H2,1-2H3,(H2,15,16);2-4H2,1H3;(H2,2,3,4). The fraction of sp³-hybridized carbons (Fsp3) is 0.529. The van der Waals surface area contributed by atoms with Gasteiger partial charge < -0.3 is 26.4 Å². The predicted octanol–water partition coefficient (Wildman–Crippen LogP) is 3.69. The Labute approximate surface area is 157 Å². The molecule has 2 unspecified atom stereocenters. The number of amides is 1. The molecule has 0 aliphatic heterocycles. The third-order valence-electron chi connectivity index (χ3n) is 2.89. The van der Waals surface area contributed by atoms with Gasteiger partial charge in [-0.25, -0.2) is 4.79 Å². The van der Waals surface area contributed by atoms with Crippen LogP contribution in [0.15, 0.2) is 24.3 Å². The number of primary amides is 1. The number of hydrogen-bond donors (Lipinski definition) is 4. The molecule has 2 atom stereocenters. The summed E-state index contributed by atoms with van der Waals surface area (Å²) in [5.74, 6) is 0.250. The fourth-order valence-corrected chi connectivity index (χ4v) is 2.06. The zero-order chi connectivity index (χ0) is 19.8. The first-order chi connectivity index (χ1) is 11.7. The first-order valence-corrected chi connectivity index (χ1v) is 8.97. The first kappa shape index (κ1) is 25.4. The molecule has 6 N–H and O–H groups in total. The summed E-state index contributed by atoms with van der Waals surface area (Å²) in [6.07, 6.45) is 1.27. The van der Waals surface area contributed by atoms with Gasteiger partial charge >= 0.3 is 6.16 Å². The summed E-state index contributed by atoms with van der Waals surface area (Å²) in [5, 5.41) is 13.9. The highest BCUT2D eigenvalue weighted by Gasteiger charge is 2.17. The number of nitrogens with two attached hydrogens (primary N) is 2. The largest absolute Gasteiger partial charge is 0.503 e. The van der Waals surface area contributed by atoms with Crippen molar-refractivity contribution in [3.8, 4) is 5.75 Å². The van der Waals surface area contributed by atoms with Gasteiger partial charge in [0.2, 0.25) is 5.91 Å². The number of carbonyl (C=O) groups is 2. The van der Waals surface area contributed by atoms with Gasteiger partial charge in [0.1, 0.15) is 11.9 Å². The Morgan fingerprint density at radius 3 is 2.08 bits per heavy atom. The number of ether oxygens (including phenoxy) is 1. The number of benzene rings is 1. The maximum atomic E-state index is 11.1. The molecule has 0 aliphatic carbocycles. The average Bonchev–Trinajstić information content (AvgIpc) is 2.58. The lowest BCUT2D eigenvalue weighted by atomic mass is 10.1. The summed E-state index contributed by atoms with van der Waals surface area (Å²) in [6.45, 7) is 7.05. The Morgan fingerprint density at radius 2 is 1.72 bits per heavy atom. The lowest BCUT2D eigenvalue weighted by Gasteiger charge is -2.22. The predicted molar refractivity (Wildman–Crippen MR) is 103 cm³/mol. The summed E-state index contributed by atoms with van der Waals surface area (Å²) in [4.78, 5) is 19.9. The van der Waals surface area contributed by atoms with E-state index in [2.05, 4.69) is 36.7 Å². The van der Waals surface area contributed by atoms with Crippen LogP contribution in [0.4, 0.5) is 4.79 Å². The normalized spacial score (nSPS) is 11.7. The molecule has 0 spiro atoms. The quantitative estimate of drug-likeness (QED) is 0.496. The topological polar surface area (TPSA) is 136 Å². The summed E-state index contributed by atoms with van der Waals surface area (Å²) >= 11 is 3.59. The third-order valence-corrected chi connectivity index (χ3v) is 4.13. The van der Waals surface area contributed by atoms with Crippen LogP contribution in [-0.2, 0) is 0 Å². The molecule has 1 amide bonds. The maximum absolute atomic E-state index is 11.1. The number of rotatable bonds is 7. The maximum Gasteiger partial charge on any atom is 0.503 e. The Hall–Kier alpha value is -1.80. The van der Waals surface area contributed by atoms with Crippen molar-refractivity contribution in [1.29, 1.82) is 0 Å². The monoisotopic (exact) mass is 420 g/mol. The van der Waals surface area contributed by atoms with Crippen molar-refractivity contribution in [1.82, 2.24) is 0 Å². The summed E-state index contributed by atoms with van der Waals surface area (Å²) in [5.41, 5.74) is 10.7. The van der Waals surface area contributed by atoms with Crippen LogP contribution in [0.25, 0.3) is 0 Å². The van der Waals surface area contributed by atoms with E-state index in [9.17, 15) is 4.79 Å². The lowest BCUT2D eigenvalue weighted by molar-refractivity contribution is 0.0999. The van der Waals surface area contributed by atoms with Crippen LogP contribution in [0.5, 0.6) is 5.75 Å². The average molecular weight is 421 g/mol. The van der Waals surface area contributed by atoms with Crippen molar-refractivity contribution < 1.29 is 24.5 Å². The highest BCUT2D eigenvalue weighted by molar-refractivity contribution is 9.09. The molecule has 1 rings (SSSR count). The van der Waals surface area contributed by atoms with Gasteiger partial charge in [-0.1, -0.05) is 42.8 Å². The zero-order valence-electron chi connectivity index (χ0n) is 14.9. The van der Waals surface area contributed by atoms with E-state index in [1.54, 1.807) is 18.2 Å². The highest BCUT2D eigenvalue weighted by atomic mass is 79.9. The Morgan fingerprint density at radius 1 is 1.20 bits per heavy atom. The Balaban J connectivity index is 0. The second-order valence-electron chi connectivity index (χ2n) is 4.95. The van der Waals surface area contributed by atoms with E-state index in [-0.39, 0.29) is 6.10 Å². The summed E-state index contributed by atoms with van der Waals surface area (Å²) in [6, 6.07) is 6.98. The van der Waals surface area contributed by atoms with Crippen LogP contribution in [-0.4, -0.2) is 39.8 Å². The second-order valence-corrected chi connectivity index (χ2v) is 6.13. The van der Waals surface area contributed by atoms with Crippen molar-refractivity contribution in [3.63, 3.8) is 0 Å². The molecule has 0 aliphatic rings. The minimum atomic E-state index is -1.83. The summed E-state index contributed by atoms with van der Waals surface area (Å²) in [7, 11) is 0. The van der Waals surface area contributed by atoms with Crippen LogP contribution in [0.3, 0.4) is 0 Å². The smallest absolute Gasteiger partial charge is 0.489 e. The van der Waals surface area contributed by atoms with Gasteiger partial charge in [0, 0.05) is 5.56 Å². The van der Waals surface area contributed by atoms with Gasteiger partial charge in [0.05, 0.1) is 4.83 Å². The van der Waals surface area contributed by atoms with Crippen molar-refractivity contribution >= 4 is 28.0 Å². The second kappa shape index (κ2) is 15.7. The van der Waals surface area contributed by atoms with E-state index in [4.69, 9.17) is 31.2 Å². The molecule has 8 heteroatoms. The molecule has 144 valence electrons. The van der Waals surface area contributed by atoms with Gasteiger partial charge in [-0.3, -0.25) is 4.79 Å². The number of halogens is 1. The van der Waals surface area contributed by atoms with Crippen LogP contribution < -0.4 is 16.2 Å². The number of alkyl halides is 1. The van der Waals surface area contributed by atoms with Crippen molar-refractivity contribution in [2.45, 2.75) is 51.0 Å². The minimum Gasteiger partial charge on any atom is -0.489 e. The molecule has 7 nitrogen and oxygen atoms in total. The molecule has 25 heavy (non-hydrogen) atoms. The molecule has 0 bridgehead atoms. The number of hydrogen-bond acceptors (Lipinski definition) is 4. The first-order valence-electron chi connectivity index (χ1n) is 8.05. The minimum absolute atomic E-state index is 0.100. The van der Waals surface area contributed by atoms with E-state index in [1.807, 2.05) is 6.07 Å². The van der Waals surface area contributed by atoms with Crippen molar-refractivity contribution in [2.24, 2.45) is 11.5 Å². The number of carbonyl (C=O) groups excluding carboxylic acids is 1. The van der Waals surface area contributed by atoms with E-state index >= 15 is 0 Å². The van der Waals surface area contributed by atoms with Gasteiger partial charge in [0.25, 0.3) is 0 Å². The highest BCUT2D eigenvalue weighted by Crippen LogP contribution is 2.21. The molecule has 0 saturated carbocycles. The molecular formula is C17H29BrN2O5. The third kappa shape index (κ3) is 14.3. The van der Waals surface area contributed by atoms with Crippen LogP contribution in [0, 0.1) is 0 Å². The van der Waals surface area contributed by atoms with Crippen LogP contribution in [0.2, 0.25) is 0 Å². The van der Waals surface area contributed by atoms with Crippen molar-refractivity contribution in [2.75, 3.05) is 6.54 Å². The van der Waals surface area contributed by atoms with Crippen LogP contribution >= 0.6 is 15.9 Å². The Bertz CT molecular complexity index is 494. The van der Waals surface area contributed by atoms with Gasteiger partial charge in [-0.15, -0.1) is 0 Å². The van der Waals surface area contributed by atoms with E-state index in [1.165, 1.54) is 0 Å². The van der Waals surface area contributed by atoms with E-state index in [0.717, 1.165) is 25.8 Å². The van der Waals surface area contributed by atoms with Gasteiger partial charge in [-0.2, -0.15) is 0 Å². The molecule has 0 radical (unpaired) electrons. The fourth-order valence-electron chi connectivity index (χ4n) is 1.57. The molecule has 0 fully saturated rings. The number of carboxylic acid groups (broad SMARTS) is 2. The molecule has 0 aromatic heterocycles. The van der Waals surface area contributed by atoms with E-state index < -0.39 is 12.1 Å². The van der Waals surface area contributed by atoms with Gasteiger partial charge in [-0.05, 0) is 44.0 Å². The molecule has 1 aromatic rings. The lowest BCUT2D eigenvalue weighted by Crippen LogP contribution is -2.26. The van der Waals surface area contributed by atoms with Gasteiger partial charge in [0.15, 0.2) is 0 Å². The summed E-state index contributed by atoms with van der Waals surface area (Å²) < 4.78 is 5.85. The Kier molecular flexibility index (Phi) is 16.0. The van der Waals surface area contributed by atoms with Crippen molar-refractivity contribution in [3.05, 3.63) is 29.8 Å². The SMILES string of the molecule is CCC(Br)C(CC)Oc1cccc(C(N)=O)c1.CCCN.O=C(O)O. The van der Waals surface area contributed by atoms with E-state index in [0.29, 0.717) is 16.1 Å². The van der Waals surface area contributed by atoms with Crippen LogP contribution in [0.1, 0.15) is 50.4 Å². The molecule has 1 aromatic carbocycles.